The third-order valence-corrected chi connectivity index (χ3v) is 9.48. The van der Waals surface area contributed by atoms with Crippen molar-refractivity contribution in [3.63, 3.8) is 0 Å². The number of nitrogens with one attached hydrogen (secondary N) is 1. The zero-order valence-corrected chi connectivity index (χ0v) is 22.7. The summed E-state index contributed by atoms with van der Waals surface area (Å²) >= 11 is 12.2. The van der Waals surface area contributed by atoms with Crippen LogP contribution in [0.1, 0.15) is 11.1 Å². The average molecular weight is 571 g/mol. The number of hydrogen-bond acceptors (Lipinski definition) is 5. The number of halogens is 2. The molecule has 3 rings (SSSR count). The average Bonchev–Trinajstić information content (AvgIpc) is 2.84. The summed E-state index contributed by atoms with van der Waals surface area (Å²) in [6, 6.07) is 18.6. The maximum absolute atomic E-state index is 13.3. The quantitative estimate of drug-likeness (QED) is 0.400. The Labute approximate surface area is 221 Å². The first-order valence-electron chi connectivity index (χ1n) is 10.7. The lowest BCUT2D eigenvalue weighted by Crippen LogP contribution is -2.40. The Hall–Kier alpha value is -2.47. The maximum atomic E-state index is 13.3. The fourth-order valence-electron chi connectivity index (χ4n) is 3.21. The fourth-order valence-corrected chi connectivity index (χ4v) is 5.98. The highest BCUT2D eigenvalue weighted by molar-refractivity contribution is 7.89. The van der Waals surface area contributed by atoms with Crippen LogP contribution in [0.4, 0.5) is 0 Å². The molecule has 0 atom stereocenters. The van der Waals surface area contributed by atoms with Crippen LogP contribution >= 0.6 is 23.2 Å². The molecule has 0 aliphatic carbocycles. The van der Waals surface area contributed by atoms with Crippen LogP contribution in [0.25, 0.3) is 0 Å². The van der Waals surface area contributed by atoms with E-state index in [0.717, 1.165) is 8.61 Å². The van der Waals surface area contributed by atoms with E-state index in [2.05, 4.69) is 5.32 Å². The molecule has 0 fully saturated rings. The second-order valence-electron chi connectivity index (χ2n) is 8.03. The molecule has 12 heteroatoms. The first-order valence-corrected chi connectivity index (χ1v) is 14.3. The molecule has 0 spiro atoms. The normalized spacial score (nSPS) is 12.2. The van der Waals surface area contributed by atoms with Crippen LogP contribution in [-0.4, -0.2) is 52.0 Å². The Balaban J connectivity index is 1.77. The first kappa shape index (κ1) is 28.1. The molecule has 0 radical (unpaired) electrons. The molecule has 0 saturated carbocycles. The van der Waals surface area contributed by atoms with E-state index in [9.17, 15) is 21.6 Å². The summed E-state index contributed by atoms with van der Waals surface area (Å²) in [6.07, 6.45) is 0. The summed E-state index contributed by atoms with van der Waals surface area (Å²) in [5, 5.41) is 3.37. The first-order chi connectivity index (χ1) is 16.9. The zero-order chi connectivity index (χ0) is 26.5. The van der Waals surface area contributed by atoms with Gasteiger partial charge in [0, 0.05) is 37.2 Å². The van der Waals surface area contributed by atoms with Crippen LogP contribution < -0.4 is 5.32 Å². The Kier molecular flexibility index (Phi) is 9.15. The van der Waals surface area contributed by atoms with Crippen molar-refractivity contribution in [2.45, 2.75) is 22.9 Å². The number of carbonyl (C=O) groups excluding carboxylic acids is 1. The van der Waals surface area contributed by atoms with E-state index >= 15 is 0 Å². The molecule has 8 nitrogen and oxygen atoms in total. The van der Waals surface area contributed by atoms with E-state index < -0.39 is 32.5 Å². The monoisotopic (exact) mass is 569 g/mol. The summed E-state index contributed by atoms with van der Waals surface area (Å²) in [4.78, 5) is 12.9. The number of nitrogens with zero attached hydrogens (tertiary/aromatic N) is 2. The van der Waals surface area contributed by atoms with Gasteiger partial charge >= 0.3 is 0 Å². The molecule has 192 valence electrons. The van der Waals surface area contributed by atoms with Gasteiger partial charge in [0.2, 0.25) is 26.0 Å². The van der Waals surface area contributed by atoms with Gasteiger partial charge in [0.05, 0.1) is 16.3 Å². The smallest absolute Gasteiger partial charge is 0.243 e. The minimum absolute atomic E-state index is 0.0422. The van der Waals surface area contributed by atoms with Gasteiger partial charge in [-0.05, 0) is 47.5 Å². The number of amides is 1. The summed E-state index contributed by atoms with van der Waals surface area (Å²) in [7, 11) is -4.71. The summed E-state index contributed by atoms with van der Waals surface area (Å²) in [5.74, 6) is -0.537. The molecule has 1 N–H and O–H groups in total. The number of hydrogen-bond donors (Lipinski definition) is 1. The molecule has 0 saturated heterocycles. The highest BCUT2D eigenvalue weighted by Crippen LogP contribution is 2.25. The lowest BCUT2D eigenvalue weighted by molar-refractivity contribution is -0.121. The van der Waals surface area contributed by atoms with Crippen LogP contribution in [0.3, 0.4) is 0 Å². The van der Waals surface area contributed by atoms with Gasteiger partial charge in [-0.25, -0.2) is 21.1 Å². The molecule has 3 aromatic rings. The second kappa shape index (κ2) is 11.7. The van der Waals surface area contributed by atoms with Crippen molar-refractivity contribution in [3.05, 3.63) is 94.0 Å². The molecule has 0 aliphatic rings. The SMILES string of the molecule is CN(C)S(=O)(=O)c1ccc(CNC(=O)CN(Cc2ccc(Cl)cc2Cl)S(=O)(=O)c2ccccc2)cc1. The molecule has 0 heterocycles. The summed E-state index contributed by atoms with van der Waals surface area (Å²) in [6.45, 7) is -0.511. The van der Waals surface area contributed by atoms with Gasteiger partial charge in [-0.1, -0.05) is 59.6 Å². The molecule has 0 aromatic heterocycles. The van der Waals surface area contributed by atoms with E-state index in [1.54, 1.807) is 42.5 Å². The van der Waals surface area contributed by atoms with E-state index in [0.29, 0.717) is 16.1 Å². The van der Waals surface area contributed by atoms with Crippen LogP contribution in [-0.2, 0) is 37.9 Å². The van der Waals surface area contributed by atoms with Crippen molar-refractivity contribution < 1.29 is 21.6 Å². The van der Waals surface area contributed by atoms with Crippen LogP contribution in [0.15, 0.2) is 82.6 Å². The summed E-state index contributed by atoms with van der Waals surface area (Å²) in [5.41, 5.74) is 1.14. The molecular weight excluding hydrogens is 545 g/mol. The van der Waals surface area contributed by atoms with Gasteiger partial charge in [-0.2, -0.15) is 4.31 Å². The van der Waals surface area contributed by atoms with Gasteiger partial charge in [0.15, 0.2) is 0 Å². The largest absolute Gasteiger partial charge is 0.351 e. The van der Waals surface area contributed by atoms with Crippen LogP contribution in [0.2, 0.25) is 10.0 Å². The number of carbonyl (C=O) groups is 1. The van der Waals surface area contributed by atoms with Crippen molar-refractivity contribution in [3.8, 4) is 0 Å². The van der Waals surface area contributed by atoms with Gasteiger partial charge < -0.3 is 5.32 Å². The van der Waals surface area contributed by atoms with Crippen LogP contribution in [0.5, 0.6) is 0 Å². The van der Waals surface area contributed by atoms with Crippen LogP contribution in [0, 0.1) is 0 Å². The molecule has 3 aromatic carbocycles. The Morgan fingerprint density at radius 1 is 0.833 bits per heavy atom. The highest BCUT2D eigenvalue weighted by atomic mass is 35.5. The molecule has 36 heavy (non-hydrogen) atoms. The Bertz CT molecular complexity index is 1430. The van der Waals surface area contributed by atoms with Gasteiger partial charge in [-0.3, -0.25) is 4.79 Å². The molecule has 0 bridgehead atoms. The minimum atomic E-state index is -4.02. The predicted octanol–water partition coefficient (Wildman–Crippen LogP) is 3.75. The van der Waals surface area contributed by atoms with E-state index in [1.807, 2.05) is 0 Å². The van der Waals surface area contributed by atoms with E-state index in [1.165, 1.54) is 44.4 Å². The molecule has 0 unspecified atom stereocenters. The van der Waals surface area contributed by atoms with Gasteiger partial charge in [0.25, 0.3) is 0 Å². The number of benzene rings is 3. The predicted molar refractivity (Wildman–Crippen MR) is 140 cm³/mol. The topological polar surface area (TPSA) is 104 Å². The lowest BCUT2D eigenvalue weighted by atomic mass is 10.2. The van der Waals surface area contributed by atoms with Crippen molar-refractivity contribution in [2.75, 3.05) is 20.6 Å². The maximum Gasteiger partial charge on any atom is 0.243 e. The molecule has 0 aliphatic heterocycles. The second-order valence-corrected chi connectivity index (χ2v) is 13.0. The molecule has 1 amide bonds. The Morgan fingerprint density at radius 2 is 1.44 bits per heavy atom. The zero-order valence-electron chi connectivity index (χ0n) is 19.6. The fraction of sp³-hybridized carbons (Fsp3) is 0.208. The molecular formula is C24H25Cl2N3O5S2. The van der Waals surface area contributed by atoms with Crippen molar-refractivity contribution >= 4 is 49.2 Å². The van der Waals surface area contributed by atoms with Gasteiger partial charge in [-0.15, -0.1) is 0 Å². The number of rotatable bonds is 10. The van der Waals surface area contributed by atoms with Crippen molar-refractivity contribution in [2.24, 2.45) is 0 Å². The van der Waals surface area contributed by atoms with Gasteiger partial charge in [0.1, 0.15) is 0 Å². The standard InChI is InChI=1S/C24H25Cl2N3O5S2/c1-28(2)35(31,32)22-12-8-18(9-13-22)15-27-24(30)17-29(16-19-10-11-20(25)14-23(19)26)36(33,34)21-6-4-3-5-7-21/h3-14H,15-17H2,1-2H3,(H,27,30). The van der Waals surface area contributed by atoms with Crippen molar-refractivity contribution in [1.82, 2.24) is 13.9 Å². The van der Waals surface area contributed by atoms with E-state index in [4.69, 9.17) is 23.2 Å². The lowest BCUT2D eigenvalue weighted by Gasteiger charge is -2.22. The van der Waals surface area contributed by atoms with Crippen molar-refractivity contribution in [1.29, 1.82) is 0 Å². The minimum Gasteiger partial charge on any atom is -0.351 e. The summed E-state index contributed by atoms with van der Waals surface area (Å²) < 4.78 is 53.2. The highest BCUT2D eigenvalue weighted by Gasteiger charge is 2.27. The Morgan fingerprint density at radius 3 is 2.03 bits per heavy atom. The number of sulfonamides is 2. The van der Waals surface area contributed by atoms with E-state index in [-0.39, 0.29) is 27.9 Å². The third-order valence-electron chi connectivity index (χ3n) is 5.25. The third kappa shape index (κ3) is 6.84.